The Morgan fingerprint density at radius 1 is 1.40 bits per heavy atom. The molecule has 1 heterocycles. The molecule has 0 aromatic carbocycles. The first kappa shape index (κ1) is 16.2. The van der Waals surface area contributed by atoms with Crippen LogP contribution >= 0.6 is 11.6 Å². The predicted molar refractivity (Wildman–Crippen MR) is 76.4 cm³/mol. The molecule has 0 saturated heterocycles. The van der Waals surface area contributed by atoms with E-state index in [4.69, 9.17) is 16.3 Å². The van der Waals surface area contributed by atoms with Gasteiger partial charge in [-0.3, -0.25) is 10.2 Å². The Labute approximate surface area is 123 Å². The zero-order chi connectivity index (χ0) is 15.2. The smallest absolute Gasteiger partial charge is 0.435 e. The number of hydrogen-bond donors (Lipinski definition) is 1. The van der Waals surface area contributed by atoms with Crippen molar-refractivity contribution in [3.63, 3.8) is 0 Å². The van der Waals surface area contributed by atoms with Crippen molar-refractivity contribution in [2.45, 2.75) is 32.8 Å². The number of nitrogens with zero attached hydrogens (tertiary/aromatic N) is 2. The first-order chi connectivity index (χ1) is 9.33. The van der Waals surface area contributed by atoms with Crippen molar-refractivity contribution in [3.05, 3.63) is 24.4 Å². The van der Waals surface area contributed by atoms with Crippen molar-refractivity contribution in [3.8, 4) is 0 Å². The molecule has 7 heteroatoms. The van der Waals surface area contributed by atoms with Crippen LogP contribution in [0.15, 0.2) is 24.4 Å². The van der Waals surface area contributed by atoms with Crippen LogP contribution in [0.1, 0.15) is 27.2 Å². The van der Waals surface area contributed by atoms with E-state index in [-0.39, 0.29) is 18.1 Å². The van der Waals surface area contributed by atoms with Crippen molar-refractivity contribution in [1.82, 2.24) is 10.4 Å². The number of amides is 2. The van der Waals surface area contributed by atoms with E-state index in [0.29, 0.717) is 0 Å². The summed E-state index contributed by atoms with van der Waals surface area (Å²) in [7, 11) is 0. The van der Waals surface area contributed by atoms with Gasteiger partial charge in [0, 0.05) is 18.5 Å². The van der Waals surface area contributed by atoms with E-state index in [9.17, 15) is 9.59 Å². The standard InChI is InChI=1S/C13H18ClN3O3/c1-13(2,3)20-12(19)17(16-11(18)7-8-14)10-6-4-5-9-15-10/h4-6,9H,7-8H2,1-3H3,(H,16,18). The number of pyridine rings is 1. The highest BCUT2D eigenvalue weighted by Crippen LogP contribution is 2.14. The van der Waals surface area contributed by atoms with E-state index in [2.05, 4.69) is 10.4 Å². The lowest BCUT2D eigenvalue weighted by atomic mass is 10.2. The minimum atomic E-state index is -0.709. The van der Waals surface area contributed by atoms with Crippen LogP contribution in [0.3, 0.4) is 0 Å². The van der Waals surface area contributed by atoms with Crippen LogP contribution in [0.4, 0.5) is 10.6 Å². The fraction of sp³-hybridized carbons (Fsp3) is 0.462. The number of carbonyl (C=O) groups excluding carboxylic acids is 2. The molecule has 2 amide bonds. The summed E-state index contributed by atoms with van der Waals surface area (Å²) in [6.45, 7) is 5.21. The highest BCUT2D eigenvalue weighted by molar-refractivity contribution is 6.19. The third-order valence-electron chi connectivity index (χ3n) is 2.01. The number of hydrazine groups is 1. The van der Waals surface area contributed by atoms with Gasteiger partial charge in [0.2, 0.25) is 5.91 Å². The molecule has 0 atom stereocenters. The lowest BCUT2D eigenvalue weighted by Gasteiger charge is -2.26. The SMILES string of the molecule is CC(C)(C)OC(=O)N(NC(=O)CCCl)c1ccccn1. The van der Waals surface area contributed by atoms with E-state index in [1.165, 1.54) is 6.20 Å². The van der Waals surface area contributed by atoms with E-state index < -0.39 is 17.6 Å². The largest absolute Gasteiger partial charge is 0.442 e. The first-order valence-corrected chi connectivity index (χ1v) is 6.66. The topological polar surface area (TPSA) is 71.5 Å². The number of aromatic nitrogens is 1. The molecule has 0 aliphatic rings. The van der Waals surface area contributed by atoms with Gasteiger partial charge in [0.15, 0.2) is 5.82 Å². The molecular weight excluding hydrogens is 282 g/mol. The van der Waals surface area contributed by atoms with Crippen molar-refractivity contribution in [2.24, 2.45) is 0 Å². The second kappa shape index (κ2) is 7.09. The van der Waals surface area contributed by atoms with E-state index in [1.54, 1.807) is 39.0 Å². The van der Waals surface area contributed by atoms with Gasteiger partial charge in [-0.15, -0.1) is 11.6 Å². The summed E-state index contributed by atoms with van der Waals surface area (Å²) >= 11 is 5.50. The Morgan fingerprint density at radius 3 is 2.60 bits per heavy atom. The Morgan fingerprint density at radius 2 is 2.10 bits per heavy atom. The molecule has 0 unspecified atom stereocenters. The van der Waals surface area contributed by atoms with Crippen LogP contribution in [-0.2, 0) is 9.53 Å². The number of alkyl halides is 1. The molecule has 110 valence electrons. The number of anilines is 1. The molecule has 0 saturated carbocycles. The van der Waals surface area contributed by atoms with Crippen LogP contribution < -0.4 is 10.4 Å². The summed E-state index contributed by atoms with van der Waals surface area (Å²) in [6, 6.07) is 5.00. The molecule has 20 heavy (non-hydrogen) atoms. The second-order valence-electron chi connectivity index (χ2n) is 4.98. The second-order valence-corrected chi connectivity index (χ2v) is 5.36. The Balaban J connectivity index is 2.90. The molecule has 0 aliphatic carbocycles. The third kappa shape index (κ3) is 5.44. The highest BCUT2D eigenvalue weighted by atomic mass is 35.5. The monoisotopic (exact) mass is 299 g/mol. The molecule has 0 aliphatic heterocycles. The lowest BCUT2D eigenvalue weighted by Crippen LogP contribution is -2.49. The van der Waals surface area contributed by atoms with Crippen molar-refractivity contribution < 1.29 is 14.3 Å². The van der Waals surface area contributed by atoms with Gasteiger partial charge in [0.25, 0.3) is 0 Å². The minimum Gasteiger partial charge on any atom is -0.442 e. The Bertz CT molecular complexity index is 460. The average Bonchev–Trinajstić information content (AvgIpc) is 2.35. The van der Waals surface area contributed by atoms with Gasteiger partial charge in [-0.1, -0.05) is 6.07 Å². The van der Waals surface area contributed by atoms with Crippen molar-refractivity contribution in [2.75, 3.05) is 10.9 Å². The fourth-order valence-electron chi connectivity index (χ4n) is 1.26. The van der Waals surface area contributed by atoms with Crippen LogP contribution in [0.5, 0.6) is 0 Å². The van der Waals surface area contributed by atoms with Gasteiger partial charge in [-0.25, -0.2) is 9.78 Å². The van der Waals surface area contributed by atoms with Gasteiger partial charge >= 0.3 is 6.09 Å². The van der Waals surface area contributed by atoms with E-state index >= 15 is 0 Å². The van der Waals surface area contributed by atoms with Gasteiger partial charge < -0.3 is 4.74 Å². The van der Waals surface area contributed by atoms with Crippen molar-refractivity contribution in [1.29, 1.82) is 0 Å². The number of carbonyl (C=O) groups is 2. The molecule has 1 aromatic rings. The number of hydrogen-bond acceptors (Lipinski definition) is 4. The van der Waals surface area contributed by atoms with E-state index in [1.807, 2.05) is 0 Å². The van der Waals surface area contributed by atoms with Crippen LogP contribution in [0.25, 0.3) is 0 Å². The molecule has 1 rings (SSSR count). The summed E-state index contributed by atoms with van der Waals surface area (Å²) in [4.78, 5) is 27.8. The molecule has 6 nitrogen and oxygen atoms in total. The Kier molecular flexibility index (Phi) is 5.76. The van der Waals surface area contributed by atoms with Gasteiger partial charge in [-0.05, 0) is 32.9 Å². The summed E-state index contributed by atoms with van der Waals surface area (Å²) in [5.41, 5.74) is 1.75. The molecule has 0 radical (unpaired) electrons. The number of halogens is 1. The van der Waals surface area contributed by atoms with Gasteiger partial charge in [-0.2, -0.15) is 5.01 Å². The minimum absolute atomic E-state index is 0.0910. The predicted octanol–water partition coefficient (Wildman–Crippen LogP) is 2.48. The fourth-order valence-corrected chi connectivity index (χ4v) is 1.43. The zero-order valence-electron chi connectivity index (χ0n) is 11.7. The lowest BCUT2D eigenvalue weighted by molar-refractivity contribution is -0.120. The Hall–Kier alpha value is -1.82. The van der Waals surface area contributed by atoms with Gasteiger partial charge in [0.1, 0.15) is 5.60 Å². The van der Waals surface area contributed by atoms with Gasteiger partial charge in [0.05, 0.1) is 0 Å². The normalized spacial score (nSPS) is 10.8. The molecule has 0 spiro atoms. The summed E-state index contributed by atoms with van der Waals surface area (Å²) in [6.07, 6.45) is 0.896. The third-order valence-corrected chi connectivity index (χ3v) is 2.20. The molecule has 0 bridgehead atoms. The quantitative estimate of drug-likeness (QED) is 0.687. The number of ether oxygens (including phenoxy) is 1. The summed E-state index contributed by atoms with van der Waals surface area (Å²) < 4.78 is 5.23. The zero-order valence-corrected chi connectivity index (χ0v) is 12.5. The highest BCUT2D eigenvalue weighted by Gasteiger charge is 2.25. The number of rotatable bonds is 3. The molecular formula is C13H18ClN3O3. The van der Waals surface area contributed by atoms with Crippen LogP contribution in [-0.4, -0.2) is 28.5 Å². The molecule has 1 aromatic heterocycles. The first-order valence-electron chi connectivity index (χ1n) is 6.13. The van der Waals surface area contributed by atoms with Crippen molar-refractivity contribution >= 4 is 29.4 Å². The maximum atomic E-state index is 12.1. The average molecular weight is 300 g/mol. The van der Waals surface area contributed by atoms with Crippen LogP contribution in [0.2, 0.25) is 0 Å². The molecule has 0 fully saturated rings. The summed E-state index contributed by atoms with van der Waals surface area (Å²) in [5.74, 6) is 0.0390. The maximum absolute atomic E-state index is 12.1. The van der Waals surface area contributed by atoms with Crippen LogP contribution in [0, 0.1) is 0 Å². The number of nitrogens with one attached hydrogen (secondary N) is 1. The summed E-state index contributed by atoms with van der Waals surface area (Å²) in [5, 5.41) is 0.972. The molecule has 1 N–H and O–H groups in total. The van der Waals surface area contributed by atoms with E-state index in [0.717, 1.165) is 5.01 Å². The maximum Gasteiger partial charge on any atom is 0.435 e.